The lowest BCUT2D eigenvalue weighted by molar-refractivity contribution is -0.119. The average Bonchev–Trinajstić information content (AvgIpc) is 2.85. The molecule has 1 unspecified atom stereocenters. The Labute approximate surface area is 98.6 Å². The lowest BCUT2D eigenvalue weighted by atomic mass is 10.3. The number of likely N-dealkylation sites (tertiary alicyclic amines) is 1. The van der Waals surface area contributed by atoms with Gasteiger partial charge >= 0.3 is 0 Å². The van der Waals surface area contributed by atoms with Crippen molar-refractivity contribution in [1.82, 2.24) is 25.4 Å². The fourth-order valence-corrected chi connectivity index (χ4v) is 1.93. The third-order valence-corrected chi connectivity index (χ3v) is 2.67. The summed E-state index contributed by atoms with van der Waals surface area (Å²) in [5, 5.41) is 9.27. The fraction of sp³-hybridized carbons (Fsp3) is 0.600. The lowest BCUT2D eigenvalue weighted by Gasteiger charge is -2.14. The predicted molar refractivity (Wildman–Crippen MR) is 59.2 cm³/mol. The summed E-state index contributed by atoms with van der Waals surface area (Å²) in [5.41, 5.74) is 0. The molecule has 0 radical (unpaired) electrons. The summed E-state index contributed by atoms with van der Waals surface area (Å²) in [5.74, 6) is 0.539. The summed E-state index contributed by atoms with van der Waals surface area (Å²) < 4.78 is 0. The van der Waals surface area contributed by atoms with Crippen molar-refractivity contribution in [2.45, 2.75) is 26.3 Å². The zero-order valence-corrected chi connectivity index (χ0v) is 9.86. The second-order valence-corrected chi connectivity index (χ2v) is 4.18. The average molecular weight is 237 g/mol. The lowest BCUT2D eigenvalue weighted by Crippen LogP contribution is -2.37. The first kappa shape index (κ1) is 11.6. The van der Waals surface area contributed by atoms with E-state index in [1.807, 2.05) is 0 Å². The van der Waals surface area contributed by atoms with Crippen LogP contribution in [0.4, 0.5) is 0 Å². The van der Waals surface area contributed by atoms with Gasteiger partial charge in [0.05, 0.1) is 0 Å². The number of aromatic nitrogens is 3. The molecule has 2 amide bonds. The van der Waals surface area contributed by atoms with Crippen molar-refractivity contribution in [3.8, 4) is 0 Å². The van der Waals surface area contributed by atoms with Gasteiger partial charge < -0.3 is 10.2 Å². The molecule has 2 N–H and O–H groups in total. The molecule has 1 atom stereocenters. The van der Waals surface area contributed by atoms with Gasteiger partial charge in [0.25, 0.3) is 5.91 Å². The minimum atomic E-state index is -0.192. The number of aromatic amines is 1. The Morgan fingerprint density at radius 2 is 2.29 bits per heavy atom. The summed E-state index contributed by atoms with van der Waals surface area (Å²) in [6.45, 7) is 4.36. The molecule has 2 rings (SSSR count). The van der Waals surface area contributed by atoms with Gasteiger partial charge in [-0.25, -0.2) is 4.98 Å². The van der Waals surface area contributed by atoms with Gasteiger partial charge in [0.15, 0.2) is 0 Å². The SMILES string of the molecule is CC(=O)NC1CCN(C(=O)c2n[nH]c(C)n2)C1. The van der Waals surface area contributed by atoms with E-state index in [0.29, 0.717) is 18.9 Å². The van der Waals surface area contributed by atoms with Crippen LogP contribution in [0.3, 0.4) is 0 Å². The number of rotatable bonds is 2. The molecule has 1 aromatic rings. The normalized spacial score (nSPS) is 19.4. The smallest absolute Gasteiger partial charge is 0.293 e. The molecular weight excluding hydrogens is 222 g/mol. The van der Waals surface area contributed by atoms with Gasteiger partial charge in [-0.3, -0.25) is 14.7 Å². The highest BCUT2D eigenvalue weighted by Crippen LogP contribution is 2.11. The van der Waals surface area contributed by atoms with E-state index in [1.54, 1.807) is 11.8 Å². The van der Waals surface area contributed by atoms with Crippen molar-refractivity contribution >= 4 is 11.8 Å². The molecule has 17 heavy (non-hydrogen) atoms. The molecule has 0 bridgehead atoms. The van der Waals surface area contributed by atoms with Crippen LogP contribution in [0.15, 0.2) is 0 Å². The predicted octanol–water partition coefficient (Wildman–Crippen LogP) is -0.536. The quantitative estimate of drug-likeness (QED) is 0.723. The number of hydrogen-bond acceptors (Lipinski definition) is 4. The van der Waals surface area contributed by atoms with Gasteiger partial charge in [0, 0.05) is 26.1 Å². The van der Waals surface area contributed by atoms with Crippen molar-refractivity contribution in [3.63, 3.8) is 0 Å². The molecule has 1 saturated heterocycles. The van der Waals surface area contributed by atoms with E-state index in [4.69, 9.17) is 0 Å². The number of nitrogens with one attached hydrogen (secondary N) is 2. The summed E-state index contributed by atoms with van der Waals surface area (Å²) >= 11 is 0. The van der Waals surface area contributed by atoms with E-state index in [1.165, 1.54) is 6.92 Å². The van der Waals surface area contributed by atoms with Crippen LogP contribution >= 0.6 is 0 Å². The summed E-state index contributed by atoms with van der Waals surface area (Å²) in [6.07, 6.45) is 0.773. The minimum absolute atomic E-state index is 0.0384. The number of carbonyl (C=O) groups excluding carboxylic acids is 2. The largest absolute Gasteiger partial charge is 0.352 e. The van der Waals surface area contributed by atoms with E-state index in [-0.39, 0.29) is 23.7 Å². The van der Waals surface area contributed by atoms with Crippen LogP contribution in [0, 0.1) is 6.92 Å². The van der Waals surface area contributed by atoms with Crippen LogP contribution in [0.1, 0.15) is 29.8 Å². The van der Waals surface area contributed by atoms with Gasteiger partial charge in [-0.2, -0.15) is 0 Å². The summed E-state index contributed by atoms with van der Waals surface area (Å²) in [6, 6.07) is 0.0384. The highest BCUT2D eigenvalue weighted by atomic mass is 16.2. The second kappa shape index (κ2) is 4.52. The zero-order valence-electron chi connectivity index (χ0n) is 9.86. The highest BCUT2D eigenvalue weighted by molar-refractivity contribution is 5.90. The highest BCUT2D eigenvalue weighted by Gasteiger charge is 2.29. The van der Waals surface area contributed by atoms with Gasteiger partial charge in [-0.1, -0.05) is 0 Å². The van der Waals surface area contributed by atoms with Crippen molar-refractivity contribution in [3.05, 3.63) is 11.6 Å². The minimum Gasteiger partial charge on any atom is -0.352 e. The number of aryl methyl sites for hydroxylation is 1. The van der Waals surface area contributed by atoms with Crippen molar-refractivity contribution < 1.29 is 9.59 Å². The molecule has 92 valence electrons. The maximum absolute atomic E-state index is 12.0. The molecule has 0 aliphatic carbocycles. The van der Waals surface area contributed by atoms with Gasteiger partial charge in [0.2, 0.25) is 11.7 Å². The maximum Gasteiger partial charge on any atom is 0.293 e. The standard InChI is InChI=1S/C10H15N5O2/c1-6-11-9(14-13-6)10(17)15-4-3-8(5-15)12-7(2)16/h8H,3-5H2,1-2H3,(H,12,16)(H,11,13,14). The number of H-pyrrole nitrogens is 1. The van der Waals surface area contributed by atoms with Crippen molar-refractivity contribution in [1.29, 1.82) is 0 Å². The number of carbonyl (C=O) groups is 2. The van der Waals surface area contributed by atoms with Crippen molar-refractivity contribution in [2.75, 3.05) is 13.1 Å². The first-order valence-corrected chi connectivity index (χ1v) is 5.51. The Bertz CT molecular complexity index is 442. The van der Waals surface area contributed by atoms with E-state index in [9.17, 15) is 9.59 Å². The zero-order chi connectivity index (χ0) is 12.4. The van der Waals surface area contributed by atoms with Crippen LogP contribution in [-0.4, -0.2) is 51.0 Å². The number of nitrogens with zero attached hydrogens (tertiary/aromatic N) is 3. The number of hydrogen-bond donors (Lipinski definition) is 2. The fourth-order valence-electron chi connectivity index (χ4n) is 1.93. The molecule has 1 aliphatic rings. The molecular formula is C10H15N5O2. The third kappa shape index (κ3) is 2.61. The maximum atomic E-state index is 12.0. The Morgan fingerprint density at radius 1 is 1.53 bits per heavy atom. The monoisotopic (exact) mass is 237 g/mol. The van der Waals surface area contributed by atoms with Crippen LogP contribution in [0.25, 0.3) is 0 Å². The van der Waals surface area contributed by atoms with Crippen LogP contribution < -0.4 is 5.32 Å². The van der Waals surface area contributed by atoms with Crippen LogP contribution in [0.2, 0.25) is 0 Å². The van der Waals surface area contributed by atoms with Gasteiger partial charge in [0.1, 0.15) is 5.82 Å². The second-order valence-electron chi connectivity index (χ2n) is 4.18. The van der Waals surface area contributed by atoms with E-state index in [0.717, 1.165) is 6.42 Å². The topological polar surface area (TPSA) is 91.0 Å². The third-order valence-electron chi connectivity index (χ3n) is 2.67. The van der Waals surface area contributed by atoms with Crippen LogP contribution in [0.5, 0.6) is 0 Å². The summed E-state index contributed by atoms with van der Waals surface area (Å²) in [7, 11) is 0. The molecule has 1 fully saturated rings. The first-order valence-electron chi connectivity index (χ1n) is 5.51. The van der Waals surface area contributed by atoms with E-state index >= 15 is 0 Å². The molecule has 1 aliphatic heterocycles. The Hall–Kier alpha value is -1.92. The molecule has 1 aromatic heterocycles. The molecule has 7 nitrogen and oxygen atoms in total. The molecule has 7 heteroatoms. The molecule has 0 spiro atoms. The van der Waals surface area contributed by atoms with Crippen molar-refractivity contribution in [2.24, 2.45) is 0 Å². The van der Waals surface area contributed by atoms with E-state index < -0.39 is 0 Å². The Morgan fingerprint density at radius 3 is 2.88 bits per heavy atom. The number of amides is 2. The summed E-state index contributed by atoms with van der Waals surface area (Å²) in [4.78, 5) is 28.5. The molecule has 0 saturated carbocycles. The van der Waals surface area contributed by atoms with Gasteiger partial charge in [-0.15, -0.1) is 5.10 Å². The first-order chi connectivity index (χ1) is 8.06. The Balaban J connectivity index is 1.96. The molecule has 2 heterocycles. The Kier molecular flexibility index (Phi) is 3.08. The molecule has 0 aromatic carbocycles. The van der Waals surface area contributed by atoms with Gasteiger partial charge in [-0.05, 0) is 13.3 Å². The van der Waals surface area contributed by atoms with E-state index in [2.05, 4.69) is 20.5 Å². The van der Waals surface area contributed by atoms with Crippen LogP contribution in [-0.2, 0) is 4.79 Å².